The fraction of sp³-hybridized carbons (Fsp3) is 0. The van der Waals surface area contributed by atoms with Gasteiger partial charge in [-0.05, 0) is 77.4 Å². The fourth-order valence-electron chi connectivity index (χ4n) is 8.65. The Labute approximate surface area is 319 Å². The van der Waals surface area contributed by atoms with E-state index in [0.717, 1.165) is 32.8 Å². The van der Waals surface area contributed by atoms with Gasteiger partial charge in [0, 0.05) is 42.2 Å². The minimum Gasteiger partial charge on any atom is -0.208 e. The number of benzene rings is 10. The second-order valence-corrected chi connectivity index (χ2v) is 15.4. The highest BCUT2D eigenvalue weighted by Gasteiger charge is 2.22. The predicted molar refractivity (Wildman–Crippen MR) is 234 cm³/mol. The summed E-state index contributed by atoms with van der Waals surface area (Å²) in [6.07, 6.45) is 0. The Morgan fingerprint density at radius 3 is 1.65 bits per heavy atom. The molecule has 12 aromatic rings. The Bertz CT molecular complexity index is 3560. The van der Waals surface area contributed by atoms with Gasteiger partial charge in [-0.1, -0.05) is 158 Å². The summed E-state index contributed by atoms with van der Waals surface area (Å²) in [6, 6.07) is 63.2. The molecule has 0 spiro atoms. The third-order valence-corrected chi connectivity index (χ3v) is 12.5. The first-order valence-electron chi connectivity index (χ1n) is 18.6. The van der Waals surface area contributed by atoms with E-state index in [0.29, 0.717) is 17.5 Å². The largest absolute Gasteiger partial charge is 0.208 e. The van der Waals surface area contributed by atoms with Crippen molar-refractivity contribution < 1.29 is 0 Å². The van der Waals surface area contributed by atoms with Crippen LogP contribution in [-0.4, -0.2) is 15.0 Å². The third kappa shape index (κ3) is 4.65. The quantitative estimate of drug-likeness (QED) is 0.171. The molecule has 254 valence electrons. The first-order valence-corrected chi connectivity index (χ1v) is 19.4. The summed E-state index contributed by atoms with van der Waals surface area (Å²) in [7, 11) is 0. The van der Waals surface area contributed by atoms with Crippen molar-refractivity contribution in [3.63, 3.8) is 0 Å². The summed E-state index contributed by atoms with van der Waals surface area (Å²) in [5.41, 5.74) is 2.96. The van der Waals surface area contributed by atoms with E-state index < -0.39 is 0 Å². The Balaban J connectivity index is 1.23. The molecule has 4 heteroatoms. The maximum absolute atomic E-state index is 5.47. The molecule has 55 heavy (non-hydrogen) atoms. The number of aromatic nitrogens is 3. The lowest BCUT2D eigenvalue weighted by Gasteiger charge is -2.14. The normalized spacial score (nSPS) is 12.0. The van der Waals surface area contributed by atoms with Gasteiger partial charge in [0.05, 0.1) is 0 Å². The molecule has 0 amide bonds. The third-order valence-electron chi connectivity index (χ3n) is 11.2. The molecule has 0 aliphatic heterocycles. The maximum atomic E-state index is 5.47. The van der Waals surface area contributed by atoms with E-state index in [-0.39, 0.29) is 0 Å². The zero-order chi connectivity index (χ0) is 36.0. The average molecular weight is 716 g/mol. The minimum absolute atomic E-state index is 0.653. The van der Waals surface area contributed by atoms with E-state index in [2.05, 4.69) is 176 Å². The molecule has 0 saturated heterocycles. The van der Waals surface area contributed by atoms with Crippen molar-refractivity contribution in [3.05, 3.63) is 176 Å². The molecule has 2 aromatic heterocycles. The van der Waals surface area contributed by atoms with Crippen LogP contribution in [0.25, 0.3) is 119 Å². The van der Waals surface area contributed by atoms with E-state index in [1.807, 2.05) is 11.3 Å². The lowest BCUT2D eigenvalue weighted by Crippen LogP contribution is -2.01. The van der Waals surface area contributed by atoms with Gasteiger partial charge in [-0.2, -0.15) is 0 Å². The predicted octanol–water partition coefficient (Wildman–Crippen LogP) is 14.2. The standard InChI is InChI=1S/C51H29N3S/c1-2-14-33-27-36(24-21-30(33)11-1)49-52-50(43-28-34-15-5-6-16-37(34)40-19-9-10-20-41(40)43)54-51(53-49)44-29-35-23-22-31-12-3-7-17-38(31)45(35)48-46(44)42-26-25-32-13-4-8-18-39(32)47(42)55-48/h1-29H. The minimum atomic E-state index is 0.653. The van der Waals surface area contributed by atoms with Gasteiger partial charge in [-0.15, -0.1) is 11.3 Å². The van der Waals surface area contributed by atoms with Crippen LogP contribution < -0.4 is 0 Å². The summed E-state index contributed by atoms with van der Waals surface area (Å²) in [5, 5.41) is 16.8. The van der Waals surface area contributed by atoms with Gasteiger partial charge in [0.2, 0.25) is 0 Å². The number of rotatable bonds is 3. The molecular formula is C51H29N3S. The van der Waals surface area contributed by atoms with Crippen LogP contribution in [0.1, 0.15) is 0 Å². The number of fused-ring (bicyclic) bond motifs is 13. The van der Waals surface area contributed by atoms with Crippen molar-refractivity contribution in [2.24, 2.45) is 0 Å². The van der Waals surface area contributed by atoms with Crippen LogP contribution in [0, 0.1) is 0 Å². The van der Waals surface area contributed by atoms with Gasteiger partial charge < -0.3 is 0 Å². The van der Waals surface area contributed by atoms with Crippen molar-refractivity contribution in [1.29, 1.82) is 0 Å². The molecule has 2 heterocycles. The van der Waals surface area contributed by atoms with Crippen LogP contribution in [0.4, 0.5) is 0 Å². The highest BCUT2D eigenvalue weighted by molar-refractivity contribution is 7.27. The zero-order valence-corrected chi connectivity index (χ0v) is 30.3. The number of hydrogen-bond acceptors (Lipinski definition) is 4. The highest BCUT2D eigenvalue weighted by Crippen LogP contribution is 2.48. The Kier molecular flexibility index (Phi) is 6.50. The molecule has 0 atom stereocenters. The molecule has 10 aromatic carbocycles. The summed E-state index contributed by atoms with van der Waals surface area (Å²) in [5.74, 6) is 1.98. The van der Waals surface area contributed by atoms with Gasteiger partial charge >= 0.3 is 0 Å². The summed E-state index contributed by atoms with van der Waals surface area (Å²) in [6.45, 7) is 0. The van der Waals surface area contributed by atoms with Gasteiger partial charge in [0.15, 0.2) is 17.5 Å². The average Bonchev–Trinajstić information content (AvgIpc) is 3.66. The molecule has 0 aliphatic rings. The Morgan fingerprint density at radius 2 is 0.836 bits per heavy atom. The highest BCUT2D eigenvalue weighted by atomic mass is 32.1. The van der Waals surface area contributed by atoms with Crippen LogP contribution in [-0.2, 0) is 0 Å². The Morgan fingerprint density at radius 1 is 0.291 bits per heavy atom. The van der Waals surface area contributed by atoms with Crippen molar-refractivity contribution >= 4 is 96.1 Å². The van der Waals surface area contributed by atoms with Crippen LogP contribution in [0.5, 0.6) is 0 Å². The van der Waals surface area contributed by atoms with Crippen molar-refractivity contribution in [1.82, 2.24) is 15.0 Å². The van der Waals surface area contributed by atoms with Crippen LogP contribution in [0.15, 0.2) is 176 Å². The SMILES string of the molecule is c1ccc2cc(-c3nc(-c4cc5ccccc5c5ccccc45)nc(-c4cc5ccc6ccccc6c5c5sc6c7ccccc7ccc6c45)n3)ccc2c1. The molecule has 0 saturated carbocycles. The van der Waals surface area contributed by atoms with E-state index in [1.165, 1.54) is 68.6 Å². The van der Waals surface area contributed by atoms with E-state index in [1.54, 1.807) is 0 Å². The molecule has 12 rings (SSSR count). The topological polar surface area (TPSA) is 38.7 Å². The lowest BCUT2D eigenvalue weighted by molar-refractivity contribution is 1.08. The Hall–Kier alpha value is -7.01. The second-order valence-electron chi connectivity index (χ2n) is 14.3. The molecule has 3 nitrogen and oxygen atoms in total. The van der Waals surface area contributed by atoms with Gasteiger partial charge in [0.25, 0.3) is 0 Å². The zero-order valence-electron chi connectivity index (χ0n) is 29.5. The van der Waals surface area contributed by atoms with Crippen LogP contribution in [0.2, 0.25) is 0 Å². The van der Waals surface area contributed by atoms with E-state index in [9.17, 15) is 0 Å². The van der Waals surface area contributed by atoms with Crippen molar-refractivity contribution in [2.75, 3.05) is 0 Å². The summed E-state index contributed by atoms with van der Waals surface area (Å²) in [4.78, 5) is 16.2. The smallest absolute Gasteiger partial charge is 0.164 e. The summed E-state index contributed by atoms with van der Waals surface area (Å²) < 4.78 is 2.53. The van der Waals surface area contributed by atoms with E-state index >= 15 is 0 Å². The van der Waals surface area contributed by atoms with Gasteiger partial charge in [-0.3, -0.25) is 0 Å². The maximum Gasteiger partial charge on any atom is 0.164 e. The molecule has 0 aliphatic carbocycles. The number of thiophene rings is 1. The first-order chi connectivity index (χ1) is 27.2. The monoisotopic (exact) mass is 715 g/mol. The first kappa shape index (κ1) is 30.5. The fourth-order valence-corrected chi connectivity index (χ4v) is 10.1. The molecule has 0 N–H and O–H groups in total. The number of hydrogen-bond donors (Lipinski definition) is 0. The molecule has 0 radical (unpaired) electrons. The molecule has 0 unspecified atom stereocenters. The van der Waals surface area contributed by atoms with Crippen molar-refractivity contribution in [2.45, 2.75) is 0 Å². The molecular weight excluding hydrogens is 687 g/mol. The van der Waals surface area contributed by atoms with Crippen LogP contribution >= 0.6 is 11.3 Å². The molecule has 0 fully saturated rings. The van der Waals surface area contributed by atoms with Gasteiger partial charge in [0.1, 0.15) is 0 Å². The summed E-state index contributed by atoms with van der Waals surface area (Å²) >= 11 is 1.88. The van der Waals surface area contributed by atoms with Crippen LogP contribution in [0.3, 0.4) is 0 Å². The lowest BCUT2D eigenvalue weighted by atomic mass is 9.95. The van der Waals surface area contributed by atoms with E-state index in [4.69, 9.17) is 15.0 Å². The second kappa shape index (κ2) is 11.7. The number of nitrogens with zero attached hydrogens (tertiary/aromatic N) is 3. The molecule has 0 bridgehead atoms. The van der Waals surface area contributed by atoms with Gasteiger partial charge in [-0.25, -0.2) is 15.0 Å². The van der Waals surface area contributed by atoms with Crippen molar-refractivity contribution in [3.8, 4) is 34.2 Å².